The maximum absolute atomic E-state index is 2.69. The molecule has 2 fully saturated rings. The van der Waals surface area contributed by atoms with Gasteiger partial charge < -0.3 is 0 Å². The Bertz CT molecular complexity index is 172. The zero-order valence-electron chi connectivity index (χ0n) is 7.83. The molecule has 0 N–H and O–H groups in total. The highest BCUT2D eigenvalue weighted by Gasteiger charge is 2.43. The van der Waals surface area contributed by atoms with E-state index in [9.17, 15) is 0 Å². The lowest BCUT2D eigenvalue weighted by molar-refractivity contribution is 0.145. The fourth-order valence-electron chi connectivity index (χ4n) is 2.42. The van der Waals surface area contributed by atoms with Gasteiger partial charge in [-0.25, -0.2) is 3.11 Å². The number of likely N-dealkylation sites (tertiary alicyclic amines) is 1. The summed E-state index contributed by atoms with van der Waals surface area (Å²) in [5.41, 5.74) is 0. The Labute approximate surface area is 88.8 Å². The third-order valence-corrected chi connectivity index (χ3v) is 4.55. The van der Waals surface area contributed by atoms with Crippen LogP contribution in [0.3, 0.4) is 0 Å². The highest BCUT2D eigenvalue weighted by molar-refractivity contribution is 14.1. The molecule has 0 saturated carbocycles. The maximum Gasteiger partial charge on any atom is 0.0337 e. The summed E-state index contributed by atoms with van der Waals surface area (Å²) in [4.78, 5) is 2.69. The van der Waals surface area contributed by atoms with Gasteiger partial charge in [-0.2, -0.15) is 0 Å². The molecule has 0 aliphatic carbocycles. The van der Waals surface area contributed by atoms with E-state index in [0.717, 1.165) is 18.1 Å². The van der Waals surface area contributed by atoms with E-state index < -0.39 is 0 Å². The van der Waals surface area contributed by atoms with Gasteiger partial charge in [-0.1, -0.05) is 6.92 Å². The van der Waals surface area contributed by atoms with Gasteiger partial charge in [-0.15, -0.1) is 0 Å². The Hall–Kier alpha value is 0.650. The lowest BCUT2D eigenvalue weighted by Crippen LogP contribution is -2.46. The van der Waals surface area contributed by atoms with Crippen LogP contribution in [0, 0.1) is 0 Å². The summed E-state index contributed by atoms with van der Waals surface area (Å²) in [6, 6.07) is 2.51. The van der Waals surface area contributed by atoms with Gasteiger partial charge in [0.15, 0.2) is 0 Å². The topological polar surface area (TPSA) is 6.48 Å². The van der Waals surface area contributed by atoms with Crippen molar-refractivity contribution in [1.82, 2.24) is 8.01 Å². The molecule has 2 bridgehead atoms. The van der Waals surface area contributed by atoms with E-state index >= 15 is 0 Å². The largest absolute Gasteiger partial charge is 0.295 e. The molecule has 2 heterocycles. The van der Waals surface area contributed by atoms with E-state index in [1.165, 1.54) is 25.9 Å². The zero-order valence-corrected chi connectivity index (χ0v) is 9.99. The quantitative estimate of drug-likeness (QED) is 0.563. The number of rotatable bonds is 2. The first-order chi connectivity index (χ1) is 5.72. The first-order valence-electron chi connectivity index (χ1n) is 4.90. The van der Waals surface area contributed by atoms with Crippen LogP contribution < -0.4 is 0 Å². The molecule has 2 nitrogen and oxygen atoms in total. The number of hydrogen-bond acceptors (Lipinski definition) is 2. The Morgan fingerprint density at radius 2 is 2.17 bits per heavy atom. The molecule has 0 aromatic carbocycles. The van der Waals surface area contributed by atoms with Crippen molar-refractivity contribution in [2.75, 3.05) is 13.1 Å². The maximum atomic E-state index is 2.69. The molecule has 0 radical (unpaired) electrons. The first-order valence-corrected chi connectivity index (χ1v) is 5.87. The fraction of sp³-hybridized carbons (Fsp3) is 1.00. The minimum absolute atomic E-state index is 0.796. The van der Waals surface area contributed by atoms with Gasteiger partial charge in [-0.05, 0) is 19.8 Å². The predicted molar refractivity (Wildman–Crippen MR) is 59.4 cm³/mol. The first kappa shape index (κ1) is 9.21. The van der Waals surface area contributed by atoms with E-state index in [1.54, 1.807) is 0 Å². The van der Waals surface area contributed by atoms with Gasteiger partial charge >= 0.3 is 0 Å². The monoisotopic (exact) mass is 280 g/mol. The average Bonchev–Trinajstić information content (AvgIpc) is 2.60. The smallest absolute Gasteiger partial charge is 0.0337 e. The normalized spacial score (nSPS) is 39.2. The molecule has 0 amide bonds. The minimum atomic E-state index is 0.796. The molecule has 2 rings (SSSR count). The molecule has 2 aliphatic heterocycles. The summed E-state index contributed by atoms with van der Waals surface area (Å²) >= 11 is 2.48. The van der Waals surface area contributed by atoms with E-state index in [4.69, 9.17) is 0 Å². The SMILES string of the molecule is CCC(C)N1CC2CC1CN2I. The van der Waals surface area contributed by atoms with E-state index in [0.29, 0.717) is 0 Å². The van der Waals surface area contributed by atoms with Crippen molar-refractivity contribution in [2.24, 2.45) is 0 Å². The fourth-order valence-corrected chi connectivity index (χ4v) is 3.28. The summed E-state index contributed by atoms with van der Waals surface area (Å²) < 4.78 is 2.49. The van der Waals surface area contributed by atoms with Crippen molar-refractivity contribution in [1.29, 1.82) is 0 Å². The second kappa shape index (κ2) is 3.42. The zero-order chi connectivity index (χ0) is 8.72. The molecule has 0 spiro atoms. The van der Waals surface area contributed by atoms with Gasteiger partial charge in [0.2, 0.25) is 0 Å². The molecule has 3 atom stereocenters. The molecule has 2 saturated heterocycles. The number of halogens is 1. The molecule has 12 heavy (non-hydrogen) atoms. The standard InChI is InChI=1S/C9H17IN2/c1-3-7(2)11-5-9-4-8(11)6-12(9)10/h7-9H,3-6H2,1-2H3. The van der Waals surface area contributed by atoms with Crippen LogP contribution in [0.2, 0.25) is 0 Å². The Balaban J connectivity index is 1.98. The van der Waals surface area contributed by atoms with Crippen molar-refractivity contribution in [2.45, 2.75) is 44.8 Å². The number of hydrogen-bond donors (Lipinski definition) is 0. The lowest BCUT2D eigenvalue weighted by atomic mass is 10.2. The average molecular weight is 280 g/mol. The third-order valence-electron chi connectivity index (χ3n) is 3.37. The van der Waals surface area contributed by atoms with Crippen LogP contribution in [0.5, 0.6) is 0 Å². The van der Waals surface area contributed by atoms with Crippen molar-refractivity contribution >= 4 is 22.9 Å². The highest BCUT2D eigenvalue weighted by atomic mass is 127. The van der Waals surface area contributed by atoms with Crippen LogP contribution in [-0.4, -0.2) is 39.2 Å². The molecular formula is C9H17IN2. The van der Waals surface area contributed by atoms with Gasteiger partial charge in [0.25, 0.3) is 0 Å². The second-order valence-corrected chi connectivity index (χ2v) is 5.32. The molecule has 0 aromatic heterocycles. The van der Waals surface area contributed by atoms with Crippen LogP contribution in [0.25, 0.3) is 0 Å². The Kier molecular flexibility index (Phi) is 2.63. The molecule has 3 unspecified atom stereocenters. The summed E-state index contributed by atoms with van der Waals surface area (Å²) in [5, 5.41) is 0. The summed E-state index contributed by atoms with van der Waals surface area (Å²) in [7, 11) is 0. The van der Waals surface area contributed by atoms with Crippen molar-refractivity contribution in [3.63, 3.8) is 0 Å². The second-order valence-electron chi connectivity index (χ2n) is 4.08. The summed E-state index contributed by atoms with van der Waals surface area (Å²) in [6.45, 7) is 7.24. The van der Waals surface area contributed by atoms with Crippen LogP contribution in [-0.2, 0) is 0 Å². The van der Waals surface area contributed by atoms with E-state index in [1.807, 2.05) is 0 Å². The Morgan fingerprint density at radius 3 is 2.58 bits per heavy atom. The summed E-state index contributed by atoms with van der Waals surface area (Å²) in [5.74, 6) is 0. The van der Waals surface area contributed by atoms with Gasteiger partial charge in [0, 0.05) is 54.1 Å². The van der Waals surface area contributed by atoms with Gasteiger partial charge in [0.05, 0.1) is 0 Å². The van der Waals surface area contributed by atoms with Crippen LogP contribution in [0.1, 0.15) is 26.7 Å². The van der Waals surface area contributed by atoms with Crippen LogP contribution in [0.15, 0.2) is 0 Å². The van der Waals surface area contributed by atoms with Crippen molar-refractivity contribution in [3.8, 4) is 0 Å². The number of fused-ring (bicyclic) bond motifs is 2. The van der Waals surface area contributed by atoms with Crippen molar-refractivity contribution < 1.29 is 0 Å². The molecule has 0 aromatic rings. The Morgan fingerprint density at radius 1 is 1.42 bits per heavy atom. The predicted octanol–water partition coefficient (Wildman–Crippen LogP) is 1.89. The van der Waals surface area contributed by atoms with E-state index in [2.05, 4.69) is 44.7 Å². The van der Waals surface area contributed by atoms with Crippen LogP contribution >= 0.6 is 22.9 Å². The molecule has 70 valence electrons. The number of piperazine rings is 1. The minimum Gasteiger partial charge on any atom is -0.295 e. The van der Waals surface area contributed by atoms with Crippen molar-refractivity contribution in [3.05, 3.63) is 0 Å². The van der Waals surface area contributed by atoms with Crippen LogP contribution in [0.4, 0.5) is 0 Å². The molecular weight excluding hydrogens is 263 g/mol. The van der Waals surface area contributed by atoms with Gasteiger partial charge in [0.1, 0.15) is 0 Å². The van der Waals surface area contributed by atoms with E-state index in [-0.39, 0.29) is 0 Å². The third kappa shape index (κ3) is 1.40. The molecule has 2 aliphatic rings. The summed E-state index contributed by atoms with van der Waals surface area (Å²) in [6.07, 6.45) is 2.71. The molecule has 3 heteroatoms. The number of nitrogens with zero attached hydrogens (tertiary/aromatic N) is 2. The lowest BCUT2D eigenvalue weighted by Gasteiger charge is -2.34. The highest BCUT2D eigenvalue weighted by Crippen LogP contribution is 2.34. The van der Waals surface area contributed by atoms with Gasteiger partial charge in [-0.3, -0.25) is 4.90 Å².